The van der Waals surface area contributed by atoms with Crippen LogP contribution in [0.2, 0.25) is 0 Å². The largest absolute Gasteiger partial charge is 0.481 e. The molecule has 0 saturated carbocycles. The molecule has 3 aromatic carbocycles. The molecule has 0 radical (unpaired) electrons. The van der Waals surface area contributed by atoms with Crippen LogP contribution in [0.15, 0.2) is 83.8 Å². The Morgan fingerprint density at radius 2 is 1.54 bits per heavy atom. The van der Waals surface area contributed by atoms with E-state index in [1.165, 1.54) is 24.3 Å². The van der Waals surface area contributed by atoms with Crippen LogP contribution in [0, 0.1) is 11.8 Å². The Kier molecular flexibility index (Phi) is 8.76. The monoisotopic (exact) mass is 546 g/mol. The summed E-state index contributed by atoms with van der Waals surface area (Å²) < 4.78 is 39.5. The fourth-order valence-corrected chi connectivity index (χ4v) is 5.14. The van der Waals surface area contributed by atoms with Crippen molar-refractivity contribution in [2.75, 3.05) is 13.2 Å². The van der Waals surface area contributed by atoms with Gasteiger partial charge in [0.05, 0.1) is 16.0 Å². The third-order valence-electron chi connectivity index (χ3n) is 5.95. The van der Waals surface area contributed by atoms with Crippen LogP contribution in [0.25, 0.3) is 0 Å². The van der Waals surface area contributed by atoms with E-state index in [9.17, 15) is 22.8 Å². The molecule has 39 heavy (non-hydrogen) atoms. The quantitative estimate of drug-likeness (QED) is 0.223. The van der Waals surface area contributed by atoms with E-state index in [0.717, 1.165) is 10.5 Å². The van der Waals surface area contributed by atoms with Gasteiger partial charge in [-0.05, 0) is 55.3 Å². The van der Waals surface area contributed by atoms with Crippen molar-refractivity contribution >= 4 is 27.8 Å². The molecule has 0 spiro atoms. The van der Waals surface area contributed by atoms with Crippen LogP contribution >= 0.6 is 0 Å². The van der Waals surface area contributed by atoms with Crippen LogP contribution in [-0.4, -0.2) is 50.3 Å². The number of amides is 2. The highest BCUT2D eigenvalue weighted by atomic mass is 32.2. The molecular formula is C29H26N2O7S. The first-order valence-corrected chi connectivity index (χ1v) is 13.6. The molecule has 1 N–H and O–H groups in total. The highest BCUT2D eigenvalue weighted by molar-refractivity contribution is 7.89. The number of esters is 1. The minimum atomic E-state index is -4.18. The molecule has 200 valence electrons. The second-order valence-corrected chi connectivity index (χ2v) is 10.3. The molecule has 3 aromatic rings. The van der Waals surface area contributed by atoms with Crippen LogP contribution in [0.4, 0.5) is 0 Å². The van der Waals surface area contributed by atoms with Crippen molar-refractivity contribution in [1.82, 2.24) is 9.62 Å². The number of rotatable bonds is 11. The Hall–Kier alpha value is -4.46. The molecule has 0 aromatic heterocycles. The maximum atomic E-state index is 13.2. The number of sulfonamides is 1. The van der Waals surface area contributed by atoms with Crippen LogP contribution in [0.3, 0.4) is 0 Å². The van der Waals surface area contributed by atoms with Gasteiger partial charge in [-0.2, -0.15) is 4.72 Å². The molecule has 0 bridgehead atoms. The van der Waals surface area contributed by atoms with Crippen molar-refractivity contribution < 1.29 is 32.3 Å². The van der Waals surface area contributed by atoms with E-state index in [4.69, 9.17) is 9.47 Å². The Morgan fingerprint density at radius 1 is 0.923 bits per heavy atom. The van der Waals surface area contributed by atoms with Gasteiger partial charge in [0.15, 0.2) is 0 Å². The molecule has 1 aliphatic rings. The SMILES string of the molecule is CC#CCOc1ccc(S(=O)(=O)N[C@H](CCN2C(=O)c3ccccc3C2=O)C(=O)OCc2ccccc2)cc1. The van der Waals surface area contributed by atoms with Crippen LogP contribution in [0.1, 0.15) is 39.6 Å². The number of nitrogens with zero attached hydrogens (tertiary/aromatic N) is 1. The average Bonchev–Trinajstić information content (AvgIpc) is 3.19. The minimum absolute atomic E-state index is 0.0718. The molecule has 2 amide bonds. The van der Waals surface area contributed by atoms with E-state index in [1.807, 2.05) is 6.07 Å². The Morgan fingerprint density at radius 3 is 2.15 bits per heavy atom. The van der Waals surface area contributed by atoms with Crippen molar-refractivity contribution in [3.8, 4) is 17.6 Å². The first-order chi connectivity index (χ1) is 18.8. The fraction of sp³-hybridized carbons (Fsp3) is 0.207. The van der Waals surface area contributed by atoms with E-state index < -0.39 is 33.8 Å². The zero-order chi connectivity index (χ0) is 27.8. The molecule has 0 fully saturated rings. The standard InChI is InChI=1S/C29H26N2O7S/c1-2-3-19-37-22-13-15-23(16-14-22)39(35,36)30-26(29(34)38-20-21-9-5-4-6-10-21)17-18-31-27(32)24-11-7-8-12-25(24)28(31)33/h4-16,26,30H,17-20H2,1H3/t26-/m1/s1. The number of carbonyl (C=O) groups is 3. The van der Waals surface area contributed by atoms with E-state index in [2.05, 4.69) is 16.6 Å². The summed E-state index contributed by atoms with van der Waals surface area (Å²) >= 11 is 0. The maximum absolute atomic E-state index is 13.2. The Bertz CT molecular complexity index is 1490. The summed E-state index contributed by atoms with van der Waals surface area (Å²) in [6, 6.07) is 19.6. The Balaban J connectivity index is 1.49. The average molecular weight is 547 g/mol. The van der Waals surface area contributed by atoms with Gasteiger partial charge >= 0.3 is 5.97 Å². The number of fused-ring (bicyclic) bond motifs is 1. The van der Waals surface area contributed by atoms with Crippen molar-refractivity contribution in [2.24, 2.45) is 0 Å². The lowest BCUT2D eigenvalue weighted by atomic mass is 10.1. The predicted octanol–water partition coefficient (Wildman–Crippen LogP) is 3.17. The normalized spacial score (nSPS) is 13.3. The molecule has 4 rings (SSSR count). The van der Waals surface area contributed by atoms with Crippen molar-refractivity contribution in [2.45, 2.75) is 30.9 Å². The minimum Gasteiger partial charge on any atom is -0.481 e. The van der Waals surface area contributed by atoms with E-state index in [0.29, 0.717) is 5.75 Å². The number of benzene rings is 3. The number of nitrogens with one attached hydrogen (secondary N) is 1. The predicted molar refractivity (Wildman–Crippen MR) is 142 cm³/mol. The van der Waals surface area contributed by atoms with Crippen LogP contribution in [-0.2, 0) is 26.2 Å². The summed E-state index contributed by atoms with van der Waals surface area (Å²) in [6.45, 7) is 1.58. The second-order valence-electron chi connectivity index (χ2n) is 8.55. The van der Waals surface area contributed by atoms with Gasteiger partial charge in [0.2, 0.25) is 10.0 Å². The summed E-state index contributed by atoms with van der Waals surface area (Å²) in [7, 11) is -4.18. The molecule has 1 atom stereocenters. The first-order valence-electron chi connectivity index (χ1n) is 12.1. The van der Waals surface area contributed by atoms with Crippen LogP contribution < -0.4 is 9.46 Å². The molecule has 0 aliphatic carbocycles. The molecule has 1 aliphatic heterocycles. The van der Waals surface area contributed by atoms with Gasteiger partial charge in [-0.3, -0.25) is 19.3 Å². The third-order valence-corrected chi connectivity index (χ3v) is 7.43. The molecule has 9 nitrogen and oxygen atoms in total. The Labute approximate surface area is 226 Å². The van der Waals surface area contributed by atoms with Gasteiger partial charge in [0, 0.05) is 6.54 Å². The smallest absolute Gasteiger partial charge is 0.324 e. The van der Waals surface area contributed by atoms with Gasteiger partial charge in [-0.25, -0.2) is 8.42 Å². The second kappa shape index (κ2) is 12.4. The maximum Gasteiger partial charge on any atom is 0.324 e. The number of hydrogen-bond acceptors (Lipinski definition) is 7. The number of hydrogen-bond donors (Lipinski definition) is 1. The van der Waals surface area contributed by atoms with E-state index >= 15 is 0 Å². The molecule has 0 unspecified atom stereocenters. The van der Waals surface area contributed by atoms with Gasteiger partial charge in [-0.1, -0.05) is 48.4 Å². The molecule has 0 saturated heterocycles. The zero-order valence-electron chi connectivity index (χ0n) is 21.1. The van der Waals surface area contributed by atoms with Crippen molar-refractivity contribution in [3.63, 3.8) is 0 Å². The summed E-state index contributed by atoms with van der Waals surface area (Å²) in [6.07, 6.45) is -0.185. The highest BCUT2D eigenvalue weighted by Crippen LogP contribution is 2.23. The summed E-state index contributed by atoms with van der Waals surface area (Å²) in [5.74, 6) is 4.04. The summed E-state index contributed by atoms with van der Waals surface area (Å²) in [5, 5.41) is 0. The molecular weight excluding hydrogens is 520 g/mol. The number of imide groups is 1. The van der Waals surface area contributed by atoms with Crippen molar-refractivity contribution in [3.05, 3.63) is 95.6 Å². The lowest BCUT2D eigenvalue weighted by Crippen LogP contribution is -2.44. The van der Waals surface area contributed by atoms with Gasteiger partial charge in [0.25, 0.3) is 11.8 Å². The third kappa shape index (κ3) is 6.71. The summed E-state index contributed by atoms with van der Waals surface area (Å²) in [4.78, 5) is 39.5. The lowest BCUT2D eigenvalue weighted by Gasteiger charge is -2.21. The fourth-order valence-electron chi connectivity index (χ4n) is 3.92. The number of ether oxygens (including phenoxy) is 2. The highest BCUT2D eigenvalue weighted by Gasteiger charge is 2.36. The molecule has 10 heteroatoms. The topological polar surface area (TPSA) is 119 Å². The zero-order valence-corrected chi connectivity index (χ0v) is 21.9. The van der Waals surface area contributed by atoms with E-state index in [1.54, 1.807) is 55.5 Å². The summed E-state index contributed by atoms with van der Waals surface area (Å²) in [5.41, 5.74) is 1.24. The van der Waals surface area contributed by atoms with Gasteiger partial charge < -0.3 is 9.47 Å². The van der Waals surface area contributed by atoms with Crippen LogP contribution in [0.5, 0.6) is 5.75 Å². The van der Waals surface area contributed by atoms with E-state index in [-0.39, 0.29) is 42.2 Å². The van der Waals surface area contributed by atoms with Gasteiger partial charge in [-0.15, -0.1) is 5.92 Å². The first kappa shape index (κ1) is 27.6. The number of carbonyl (C=O) groups excluding carboxylic acids is 3. The van der Waals surface area contributed by atoms with Gasteiger partial charge in [0.1, 0.15) is 25.0 Å². The van der Waals surface area contributed by atoms with Crippen molar-refractivity contribution in [1.29, 1.82) is 0 Å². The lowest BCUT2D eigenvalue weighted by molar-refractivity contribution is -0.147. The molecule has 1 heterocycles.